The Kier molecular flexibility index (Phi) is 27.7. The first-order valence-corrected chi connectivity index (χ1v) is 13.4. The van der Waals surface area contributed by atoms with Gasteiger partial charge in [-0.2, -0.15) is 0 Å². The Bertz CT molecular complexity index is 358. The van der Waals surface area contributed by atoms with Gasteiger partial charge in [0.05, 0.1) is 78.3 Å². The summed E-state index contributed by atoms with van der Waals surface area (Å²) >= 11 is 0. The fraction of sp³-hybridized carbons (Fsp3) is 1.00. The van der Waals surface area contributed by atoms with Crippen LogP contribution in [0.4, 0.5) is 0 Å². The lowest BCUT2D eigenvalue weighted by Crippen LogP contribution is -2.24. The summed E-state index contributed by atoms with van der Waals surface area (Å²) in [5, 5.41) is 8.58. The topological polar surface area (TPSA) is 75.6 Å². The van der Waals surface area contributed by atoms with Gasteiger partial charge in [-0.3, -0.25) is 0 Å². The summed E-state index contributed by atoms with van der Waals surface area (Å²) < 4.78 is 33.2. The Hall–Kier alpha value is -0.280. The highest BCUT2D eigenvalue weighted by atomic mass is 16.6. The summed E-state index contributed by atoms with van der Waals surface area (Å²) in [6.45, 7) is 11.9. The van der Waals surface area contributed by atoms with Crippen molar-refractivity contribution in [1.82, 2.24) is 0 Å². The summed E-state index contributed by atoms with van der Waals surface area (Å²) in [5.74, 6) is 0. The zero-order valence-corrected chi connectivity index (χ0v) is 21.9. The zero-order valence-electron chi connectivity index (χ0n) is 21.9. The molecule has 0 bridgehead atoms. The summed E-state index contributed by atoms with van der Waals surface area (Å²) in [4.78, 5) is 0. The Labute approximate surface area is 203 Å². The number of aliphatic hydroxyl groups is 1. The Morgan fingerprint density at radius 2 is 0.970 bits per heavy atom. The quantitative estimate of drug-likeness (QED) is 0.162. The van der Waals surface area contributed by atoms with Gasteiger partial charge in [0, 0.05) is 6.61 Å². The van der Waals surface area contributed by atoms with E-state index in [1.54, 1.807) is 0 Å². The van der Waals surface area contributed by atoms with Gasteiger partial charge in [-0.25, -0.2) is 0 Å². The minimum atomic E-state index is 0.0259. The van der Waals surface area contributed by atoms with Gasteiger partial charge in [0.2, 0.25) is 0 Å². The average Bonchev–Trinajstić information content (AvgIpc) is 2.82. The first-order chi connectivity index (χ1) is 16.2. The Balaban J connectivity index is 3.27. The van der Waals surface area contributed by atoms with E-state index in [0.717, 1.165) is 13.0 Å². The van der Waals surface area contributed by atoms with Crippen molar-refractivity contribution in [3.63, 3.8) is 0 Å². The van der Waals surface area contributed by atoms with Crippen molar-refractivity contribution >= 4 is 0 Å². The van der Waals surface area contributed by atoms with Crippen LogP contribution in [0.25, 0.3) is 0 Å². The van der Waals surface area contributed by atoms with E-state index in [9.17, 15) is 0 Å². The van der Waals surface area contributed by atoms with Gasteiger partial charge in [-0.1, -0.05) is 64.7 Å². The molecule has 0 aromatic heterocycles. The van der Waals surface area contributed by atoms with Crippen molar-refractivity contribution in [3.05, 3.63) is 0 Å². The molecule has 0 aromatic carbocycles. The smallest absolute Gasteiger partial charge is 0.0781 e. The fourth-order valence-corrected chi connectivity index (χ4v) is 3.25. The van der Waals surface area contributed by atoms with Gasteiger partial charge >= 0.3 is 0 Å². The molecule has 7 heteroatoms. The molecule has 0 rings (SSSR count). The Morgan fingerprint density at radius 1 is 0.485 bits per heavy atom. The van der Waals surface area contributed by atoms with E-state index in [0.29, 0.717) is 59.5 Å². The molecule has 0 aliphatic rings. The maximum atomic E-state index is 8.58. The molecule has 0 fully saturated rings. The molecule has 0 saturated heterocycles. The molecule has 7 nitrogen and oxygen atoms in total. The highest BCUT2D eigenvalue weighted by Gasteiger charge is 2.07. The minimum absolute atomic E-state index is 0.0259. The van der Waals surface area contributed by atoms with Gasteiger partial charge in [-0.15, -0.1) is 0 Å². The van der Waals surface area contributed by atoms with E-state index in [-0.39, 0.29) is 18.8 Å². The van der Waals surface area contributed by atoms with Crippen LogP contribution in [0.5, 0.6) is 0 Å². The first kappa shape index (κ1) is 32.7. The normalized spacial score (nSPS) is 13.5. The van der Waals surface area contributed by atoms with E-state index in [2.05, 4.69) is 6.92 Å². The maximum absolute atomic E-state index is 8.58. The second-order valence-electron chi connectivity index (χ2n) is 8.64. The van der Waals surface area contributed by atoms with E-state index in [1.165, 1.54) is 57.8 Å². The molecule has 0 aliphatic carbocycles. The fourth-order valence-electron chi connectivity index (χ4n) is 3.25. The summed E-state index contributed by atoms with van der Waals surface area (Å²) in [6.07, 6.45) is 13.5. The van der Waals surface area contributed by atoms with Crippen molar-refractivity contribution < 1.29 is 33.5 Å². The van der Waals surface area contributed by atoms with Crippen LogP contribution in [0.2, 0.25) is 0 Å². The van der Waals surface area contributed by atoms with Crippen LogP contribution in [0, 0.1) is 0 Å². The second kappa shape index (κ2) is 28.0. The third-order valence-corrected chi connectivity index (χ3v) is 5.22. The van der Waals surface area contributed by atoms with Crippen molar-refractivity contribution in [2.75, 3.05) is 72.7 Å². The van der Waals surface area contributed by atoms with Crippen molar-refractivity contribution in [3.8, 4) is 0 Å². The molecule has 33 heavy (non-hydrogen) atoms. The summed E-state index contributed by atoms with van der Waals surface area (Å²) in [6, 6.07) is 0. The lowest BCUT2D eigenvalue weighted by atomic mass is 10.1. The van der Waals surface area contributed by atoms with Crippen LogP contribution in [0.3, 0.4) is 0 Å². The van der Waals surface area contributed by atoms with Crippen LogP contribution in [0.15, 0.2) is 0 Å². The van der Waals surface area contributed by atoms with Crippen molar-refractivity contribution in [1.29, 1.82) is 0 Å². The SMILES string of the molecule is CCCCCCCCCCCCOCC(C)OCC(C)OCCOCCOCCOCCO. The van der Waals surface area contributed by atoms with Crippen molar-refractivity contribution in [2.24, 2.45) is 0 Å². The molecule has 1 N–H and O–H groups in total. The predicted molar refractivity (Wildman–Crippen MR) is 133 cm³/mol. The van der Waals surface area contributed by atoms with Gasteiger partial charge in [0.1, 0.15) is 0 Å². The molecule has 0 heterocycles. The van der Waals surface area contributed by atoms with Gasteiger partial charge in [0.15, 0.2) is 0 Å². The molecule has 2 atom stereocenters. The molecular formula is C26H54O7. The highest BCUT2D eigenvalue weighted by Crippen LogP contribution is 2.10. The molecule has 2 unspecified atom stereocenters. The molecule has 0 aromatic rings. The molecular weight excluding hydrogens is 424 g/mol. The molecule has 0 amide bonds. The predicted octanol–water partition coefficient (Wildman–Crippen LogP) is 4.78. The first-order valence-electron chi connectivity index (χ1n) is 13.4. The number of hydrogen-bond acceptors (Lipinski definition) is 7. The van der Waals surface area contributed by atoms with Crippen LogP contribution < -0.4 is 0 Å². The monoisotopic (exact) mass is 478 g/mol. The number of unbranched alkanes of at least 4 members (excludes halogenated alkanes) is 9. The van der Waals surface area contributed by atoms with Crippen LogP contribution in [-0.4, -0.2) is 90.0 Å². The van der Waals surface area contributed by atoms with Gasteiger partial charge < -0.3 is 33.5 Å². The van der Waals surface area contributed by atoms with Gasteiger partial charge in [0.25, 0.3) is 0 Å². The number of rotatable bonds is 28. The molecule has 200 valence electrons. The summed E-state index contributed by atoms with van der Waals surface area (Å²) in [5.41, 5.74) is 0. The number of ether oxygens (including phenoxy) is 6. The molecule has 0 spiro atoms. The van der Waals surface area contributed by atoms with E-state index >= 15 is 0 Å². The maximum Gasteiger partial charge on any atom is 0.0781 e. The van der Waals surface area contributed by atoms with Crippen LogP contribution >= 0.6 is 0 Å². The van der Waals surface area contributed by atoms with Crippen LogP contribution in [-0.2, 0) is 28.4 Å². The second-order valence-corrected chi connectivity index (χ2v) is 8.64. The molecule has 0 radical (unpaired) electrons. The largest absolute Gasteiger partial charge is 0.394 e. The zero-order chi connectivity index (χ0) is 24.2. The standard InChI is InChI=1S/C26H54O7/c1-4-5-6-7-8-9-10-11-12-13-15-31-23-25(2)33-24-26(3)32-22-21-30-20-19-29-18-17-28-16-14-27/h25-27H,4-24H2,1-3H3. The molecule has 0 saturated carbocycles. The van der Waals surface area contributed by atoms with E-state index < -0.39 is 0 Å². The van der Waals surface area contributed by atoms with Crippen LogP contribution in [0.1, 0.15) is 85.0 Å². The number of aliphatic hydroxyl groups excluding tert-OH is 1. The minimum Gasteiger partial charge on any atom is -0.394 e. The third-order valence-electron chi connectivity index (χ3n) is 5.22. The third kappa shape index (κ3) is 27.8. The lowest BCUT2D eigenvalue weighted by molar-refractivity contribution is -0.0687. The summed E-state index contributed by atoms with van der Waals surface area (Å²) in [7, 11) is 0. The lowest BCUT2D eigenvalue weighted by Gasteiger charge is -2.18. The number of hydrogen-bond donors (Lipinski definition) is 1. The molecule has 0 aliphatic heterocycles. The van der Waals surface area contributed by atoms with Gasteiger partial charge in [-0.05, 0) is 20.3 Å². The van der Waals surface area contributed by atoms with Crippen molar-refractivity contribution in [2.45, 2.75) is 97.2 Å². The average molecular weight is 479 g/mol. The Morgan fingerprint density at radius 3 is 1.55 bits per heavy atom. The van der Waals surface area contributed by atoms with E-state index in [1.807, 2.05) is 13.8 Å². The highest BCUT2D eigenvalue weighted by molar-refractivity contribution is 4.53. The van der Waals surface area contributed by atoms with E-state index in [4.69, 9.17) is 33.5 Å².